The summed E-state index contributed by atoms with van der Waals surface area (Å²) in [5.74, 6) is -0.835. The number of carboxylic acids is 1. The van der Waals surface area contributed by atoms with Crippen LogP contribution in [0.3, 0.4) is 0 Å². The Morgan fingerprint density at radius 3 is 2.95 bits per heavy atom. The van der Waals surface area contributed by atoms with Crippen LogP contribution in [0.25, 0.3) is 10.9 Å². The first-order valence-corrected chi connectivity index (χ1v) is 6.42. The topological polar surface area (TPSA) is 59.4 Å². The van der Waals surface area contributed by atoms with Gasteiger partial charge in [0.2, 0.25) is 0 Å². The van der Waals surface area contributed by atoms with Crippen molar-refractivity contribution in [3.05, 3.63) is 36.3 Å². The van der Waals surface area contributed by atoms with Gasteiger partial charge in [-0.1, -0.05) is 6.07 Å². The Balaban J connectivity index is 1.84. The van der Waals surface area contributed by atoms with E-state index in [2.05, 4.69) is 4.98 Å². The zero-order valence-electron chi connectivity index (χ0n) is 11.0. The largest absolute Gasteiger partial charge is 0.488 e. The van der Waals surface area contributed by atoms with Crippen molar-refractivity contribution in [1.82, 2.24) is 4.98 Å². The standard InChI is InChI=1S/C15H14FNO3/c1-15(14(18)19)7-11(8-15)20-12-6-10(16)5-9-3-2-4-17-13(9)12/h2-6,11H,7-8H2,1H3,(H,18,19). The van der Waals surface area contributed by atoms with E-state index in [1.165, 1.54) is 12.1 Å². The molecule has 1 aromatic heterocycles. The van der Waals surface area contributed by atoms with Crippen molar-refractivity contribution >= 4 is 16.9 Å². The lowest BCUT2D eigenvalue weighted by Crippen LogP contribution is -2.47. The van der Waals surface area contributed by atoms with Crippen LogP contribution in [-0.2, 0) is 4.79 Å². The average molecular weight is 275 g/mol. The number of hydrogen-bond acceptors (Lipinski definition) is 3. The Hall–Kier alpha value is -2.17. The summed E-state index contributed by atoms with van der Waals surface area (Å²) >= 11 is 0. The fourth-order valence-corrected chi connectivity index (χ4v) is 2.60. The molecule has 0 unspecified atom stereocenters. The van der Waals surface area contributed by atoms with Gasteiger partial charge in [0, 0.05) is 30.5 Å². The molecule has 1 aliphatic carbocycles. The Kier molecular flexibility index (Phi) is 2.85. The van der Waals surface area contributed by atoms with Gasteiger partial charge in [-0.15, -0.1) is 0 Å². The molecule has 20 heavy (non-hydrogen) atoms. The number of nitrogens with zero attached hydrogens (tertiary/aromatic N) is 1. The van der Waals surface area contributed by atoms with Gasteiger partial charge in [0.05, 0.1) is 5.41 Å². The summed E-state index contributed by atoms with van der Waals surface area (Å²) in [4.78, 5) is 15.2. The monoisotopic (exact) mass is 275 g/mol. The highest BCUT2D eigenvalue weighted by Gasteiger charge is 2.48. The van der Waals surface area contributed by atoms with Gasteiger partial charge >= 0.3 is 5.97 Å². The maximum absolute atomic E-state index is 13.5. The SMILES string of the molecule is CC1(C(=O)O)CC(Oc2cc(F)cc3cccnc23)C1. The summed E-state index contributed by atoms with van der Waals surface area (Å²) in [5, 5.41) is 9.73. The van der Waals surface area contributed by atoms with Crippen LogP contribution < -0.4 is 4.74 Å². The van der Waals surface area contributed by atoms with Crippen LogP contribution in [0, 0.1) is 11.2 Å². The van der Waals surface area contributed by atoms with Gasteiger partial charge in [-0.25, -0.2) is 4.39 Å². The van der Waals surface area contributed by atoms with Crippen LogP contribution in [0.15, 0.2) is 30.5 Å². The minimum absolute atomic E-state index is 0.205. The van der Waals surface area contributed by atoms with Crippen molar-refractivity contribution in [3.63, 3.8) is 0 Å². The summed E-state index contributed by atoms with van der Waals surface area (Å²) in [5.41, 5.74) is -0.140. The molecule has 1 N–H and O–H groups in total. The van der Waals surface area contributed by atoms with Crippen LogP contribution in [0.1, 0.15) is 19.8 Å². The molecule has 1 aliphatic rings. The number of pyridine rings is 1. The van der Waals surface area contributed by atoms with Gasteiger partial charge in [0.1, 0.15) is 23.2 Å². The van der Waals surface area contributed by atoms with E-state index in [1.807, 2.05) is 0 Å². The van der Waals surface area contributed by atoms with Crippen molar-refractivity contribution in [2.45, 2.75) is 25.9 Å². The molecule has 3 rings (SSSR count). The van der Waals surface area contributed by atoms with E-state index in [0.717, 1.165) is 0 Å². The van der Waals surface area contributed by atoms with Gasteiger partial charge in [-0.3, -0.25) is 9.78 Å². The third-order valence-electron chi connectivity index (χ3n) is 3.80. The normalized spacial score (nSPS) is 25.2. The van der Waals surface area contributed by atoms with E-state index >= 15 is 0 Å². The molecule has 1 saturated carbocycles. The number of fused-ring (bicyclic) bond motifs is 1. The molecule has 104 valence electrons. The molecule has 0 spiro atoms. The molecule has 1 aromatic carbocycles. The zero-order chi connectivity index (χ0) is 14.3. The third kappa shape index (κ3) is 2.09. The number of carbonyl (C=O) groups is 1. The lowest BCUT2D eigenvalue weighted by molar-refractivity contribution is -0.159. The van der Waals surface area contributed by atoms with E-state index in [9.17, 15) is 9.18 Å². The summed E-state index contributed by atoms with van der Waals surface area (Å²) in [6.45, 7) is 1.69. The second-order valence-electron chi connectivity index (χ2n) is 5.49. The second-order valence-corrected chi connectivity index (χ2v) is 5.49. The molecule has 0 bridgehead atoms. The lowest BCUT2D eigenvalue weighted by Gasteiger charge is -2.41. The quantitative estimate of drug-likeness (QED) is 0.935. The average Bonchev–Trinajstić information content (AvgIpc) is 2.36. The third-order valence-corrected chi connectivity index (χ3v) is 3.80. The van der Waals surface area contributed by atoms with Crippen LogP contribution in [0.4, 0.5) is 4.39 Å². The van der Waals surface area contributed by atoms with Crippen molar-refractivity contribution in [1.29, 1.82) is 0 Å². The lowest BCUT2D eigenvalue weighted by atomic mass is 9.68. The molecule has 1 heterocycles. The van der Waals surface area contributed by atoms with Crippen LogP contribution in [0.5, 0.6) is 5.75 Å². The first kappa shape index (κ1) is 12.8. The number of carboxylic acid groups (broad SMARTS) is 1. The molecular formula is C15H14FNO3. The Morgan fingerprint density at radius 2 is 2.25 bits per heavy atom. The van der Waals surface area contributed by atoms with E-state index in [0.29, 0.717) is 29.5 Å². The van der Waals surface area contributed by atoms with Gasteiger partial charge in [0.15, 0.2) is 0 Å². The molecular weight excluding hydrogens is 261 g/mol. The van der Waals surface area contributed by atoms with Gasteiger partial charge in [-0.2, -0.15) is 0 Å². The molecule has 1 fully saturated rings. The zero-order valence-corrected chi connectivity index (χ0v) is 11.0. The predicted molar refractivity (Wildman–Crippen MR) is 71.1 cm³/mol. The van der Waals surface area contributed by atoms with E-state index < -0.39 is 11.4 Å². The van der Waals surface area contributed by atoms with Crippen LogP contribution >= 0.6 is 0 Å². The molecule has 0 saturated heterocycles. The fraction of sp³-hybridized carbons (Fsp3) is 0.333. The molecule has 2 aromatic rings. The minimum Gasteiger partial charge on any atom is -0.488 e. The van der Waals surface area contributed by atoms with E-state index in [-0.39, 0.29) is 11.9 Å². The number of ether oxygens (including phenoxy) is 1. The molecule has 5 heteroatoms. The molecule has 4 nitrogen and oxygen atoms in total. The predicted octanol–water partition coefficient (Wildman–Crippen LogP) is 3.01. The maximum Gasteiger partial charge on any atom is 0.309 e. The van der Waals surface area contributed by atoms with Gasteiger partial charge in [-0.05, 0) is 19.1 Å². The highest BCUT2D eigenvalue weighted by atomic mass is 19.1. The van der Waals surface area contributed by atoms with E-state index in [4.69, 9.17) is 9.84 Å². The number of aliphatic carboxylic acids is 1. The number of hydrogen-bond donors (Lipinski definition) is 1. The highest BCUT2D eigenvalue weighted by Crippen LogP contribution is 2.43. The molecule has 0 amide bonds. The number of aromatic nitrogens is 1. The van der Waals surface area contributed by atoms with Gasteiger partial charge in [0.25, 0.3) is 0 Å². The second kappa shape index (κ2) is 4.44. The number of halogens is 1. The van der Waals surface area contributed by atoms with Crippen LogP contribution in [0.2, 0.25) is 0 Å². The van der Waals surface area contributed by atoms with Gasteiger partial charge < -0.3 is 9.84 Å². The smallest absolute Gasteiger partial charge is 0.309 e. The fourth-order valence-electron chi connectivity index (χ4n) is 2.60. The van der Waals surface area contributed by atoms with Crippen molar-refractivity contribution in [3.8, 4) is 5.75 Å². The van der Waals surface area contributed by atoms with Crippen LogP contribution in [-0.4, -0.2) is 22.2 Å². The van der Waals surface area contributed by atoms with Crippen molar-refractivity contribution < 1.29 is 19.0 Å². The molecule has 0 radical (unpaired) electrons. The Morgan fingerprint density at radius 1 is 1.50 bits per heavy atom. The highest BCUT2D eigenvalue weighted by molar-refractivity contribution is 5.84. The Bertz CT molecular complexity index is 680. The Labute approximate surface area is 115 Å². The number of benzene rings is 1. The molecule has 0 atom stereocenters. The summed E-state index contributed by atoms with van der Waals surface area (Å²) in [6, 6.07) is 6.19. The first-order chi connectivity index (χ1) is 9.48. The summed E-state index contributed by atoms with van der Waals surface area (Å²) in [7, 11) is 0. The minimum atomic E-state index is -0.820. The summed E-state index contributed by atoms with van der Waals surface area (Å²) in [6.07, 6.45) is 2.26. The summed E-state index contributed by atoms with van der Waals surface area (Å²) < 4.78 is 19.3. The molecule has 0 aliphatic heterocycles. The first-order valence-electron chi connectivity index (χ1n) is 6.42. The van der Waals surface area contributed by atoms with Crippen molar-refractivity contribution in [2.75, 3.05) is 0 Å². The van der Waals surface area contributed by atoms with Crippen molar-refractivity contribution in [2.24, 2.45) is 5.41 Å². The number of rotatable bonds is 3. The maximum atomic E-state index is 13.5. The van der Waals surface area contributed by atoms with E-state index in [1.54, 1.807) is 25.3 Å².